The van der Waals surface area contributed by atoms with Gasteiger partial charge in [-0.2, -0.15) is 0 Å². The van der Waals surface area contributed by atoms with Crippen LogP contribution in [0.2, 0.25) is 0 Å². The molecule has 0 radical (unpaired) electrons. The predicted octanol–water partition coefficient (Wildman–Crippen LogP) is 16.2. The second kappa shape index (κ2) is 13.7. The Hall–Kier alpha value is -7.68. The Morgan fingerprint density at radius 2 is 0.967 bits per heavy atom. The number of hydrogen-bond acceptors (Lipinski definition) is 1. The topological polar surface area (TPSA) is 8.17 Å². The van der Waals surface area contributed by atoms with Gasteiger partial charge in [-0.25, -0.2) is 0 Å². The first-order valence-corrected chi connectivity index (χ1v) is 21.3. The second-order valence-corrected chi connectivity index (χ2v) is 16.9. The Labute approximate surface area is 356 Å². The quantitative estimate of drug-likeness (QED) is 0.153. The average molecular weight is 779 g/mol. The van der Waals surface area contributed by atoms with Crippen molar-refractivity contribution in [1.29, 1.82) is 0 Å². The van der Waals surface area contributed by atoms with Crippen molar-refractivity contribution in [1.82, 2.24) is 4.57 Å². The van der Waals surface area contributed by atoms with Gasteiger partial charge in [-0.05, 0) is 115 Å². The highest BCUT2D eigenvalue weighted by Crippen LogP contribution is 2.51. The maximum absolute atomic E-state index is 2.44. The zero-order chi connectivity index (χ0) is 40.7. The van der Waals surface area contributed by atoms with Gasteiger partial charge >= 0.3 is 0 Å². The van der Waals surface area contributed by atoms with Crippen LogP contribution in [-0.4, -0.2) is 4.57 Å². The van der Waals surface area contributed by atoms with Crippen LogP contribution in [0.3, 0.4) is 0 Å². The molecule has 0 unspecified atom stereocenters. The van der Waals surface area contributed by atoms with Gasteiger partial charge in [0, 0.05) is 38.8 Å². The molecule has 0 fully saturated rings. The van der Waals surface area contributed by atoms with E-state index in [-0.39, 0.29) is 5.41 Å². The molecule has 1 aliphatic carbocycles. The van der Waals surface area contributed by atoms with E-state index in [1.54, 1.807) is 0 Å². The number of rotatable bonds is 6. The van der Waals surface area contributed by atoms with Gasteiger partial charge in [0.05, 0.1) is 16.7 Å². The molecule has 0 N–H and O–H groups in total. The Bertz CT molecular complexity index is 3460. The Balaban J connectivity index is 1.04. The molecule has 0 atom stereocenters. The third-order valence-electron chi connectivity index (χ3n) is 13.2. The summed E-state index contributed by atoms with van der Waals surface area (Å²) in [5.41, 5.74) is 17.0. The molecule has 11 aromatic rings. The van der Waals surface area contributed by atoms with Crippen LogP contribution in [0.4, 0.5) is 17.1 Å². The molecular formula is C59H42N2. The third kappa shape index (κ3) is 5.49. The van der Waals surface area contributed by atoms with Gasteiger partial charge in [0.25, 0.3) is 0 Å². The Kier molecular flexibility index (Phi) is 7.92. The molecule has 1 heterocycles. The molecule has 0 saturated carbocycles. The molecule has 0 amide bonds. The fourth-order valence-electron chi connectivity index (χ4n) is 10.3. The van der Waals surface area contributed by atoms with E-state index in [1.165, 1.54) is 87.9 Å². The Morgan fingerprint density at radius 3 is 1.77 bits per heavy atom. The van der Waals surface area contributed by atoms with Crippen molar-refractivity contribution in [2.24, 2.45) is 0 Å². The lowest BCUT2D eigenvalue weighted by Gasteiger charge is -2.29. The number of benzene rings is 10. The van der Waals surface area contributed by atoms with Gasteiger partial charge in [-0.1, -0.05) is 178 Å². The molecule has 1 aromatic heterocycles. The van der Waals surface area contributed by atoms with Crippen LogP contribution in [0, 0.1) is 0 Å². The second-order valence-electron chi connectivity index (χ2n) is 16.9. The minimum Gasteiger partial charge on any atom is -0.310 e. The lowest BCUT2D eigenvalue weighted by atomic mass is 9.81. The van der Waals surface area contributed by atoms with Crippen LogP contribution in [-0.2, 0) is 5.41 Å². The van der Waals surface area contributed by atoms with Crippen molar-refractivity contribution >= 4 is 60.4 Å². The van der Waals surface area contributed by atoms with Gasteiger partial charge < -0.3 is 9.47 Å². The Morgan fingerprint density at radius 1 is 0.361 bits per heavy atom. The van der Waals surface area contributed by atoms with Crippen molar-refractivity contribution in [2.75, 3.05) is 4.90 Å². The molecule has 12 rings (SSSR count). The van der Waals surface area contributed by atoms with E-state index in [1.807, 2.05) is 0 Å². The molecule has 61 heavy (non-hydrogen) atoms. The number of aromatic nitrogens is 1. The normalized spacial score (nSPS) is 12.9. The smallest absolute Gasteiger partial charge is 0.0541 e. The van der Waals surface area contributed by atoms with Crippen molar-refractivity contribution in [3.63, 3.8) is 0 Å². The monoisotopic (exact) mass is 778 g/mol. The first-order chi connectivity index (χ1) is 30.0. The van der Waals surface area contributed by atoms with E-state index in [0.717, 1.165) is 22.7 Å². The molecule has 1 aliphatic rings. The number of anilines is 3. The van der Waals surface area contributed by atoms with Crippen molar-refractivity contribution in [2.45, 2.75) is 19.3 Å². The van der Waals surface area contributed by atoms with Crippen LogP contribution in [0.15, 0.2) is 218 Å². The summed E-state index contributed by atoms with van der Waals surface area (Å²) in [6.07, 6.45) is 0. The zero-order valence-electron chi connectivity index (χ0n) is 34.2. The van der Waals surface area contributed by atoms with Gasteiger partial charge in [-0.15, -0.1) is 0 Å². The molecule has 0 spiro atoms. The van der Waals surface area contributed by atoms with Crippen LogP contribution in [0.5, 0.6) is 0 Å². The minimum atomic E-state index is -0.100. The summed E-state index contributed by atoms with van der Waals surface area (Å²) >= 11 is 0. The first kappa shape index (κ1) is 35.3. The molecular weight excluding hydrogens is 737 g/mol. The van der Waals surface area contributed by atoms with Gasteiger partial charge in [0.15, 0.2) is 0 Å². The predicted molar refractivity (Wildman–Crippen MR) is 259 cm³/mol. The maximum atomic E-state index is 2.44. The molecule has 2 heteroatoms. The molecule has 0 saturated heterocycles. The number of hydrogen-bond donors (Lipinski definition) is 0. The van der Waals surface area contributed by atoms with E-state index in [4.69, 9.17) is 0 Å². The van der Waals surface area contributed by atoms with Crippen LogP contribution >= 0.6 is 0 Å². The summed E-state index contributed by atoms with van der Waals surface area (Å²) in [6.45, 7) is 4.72. The molecule has 0 aliphatic heterocycles. The van der Waals surface area contributed by atoms with E-state index >= 15 is 0 Å². The maximum Gasteiger partial charge on any atom is 0.0541 e. The highest BCUT2D eigenvalue weighted by Gasteiger charge is 2.35. The first-order valence-electron chi connectivity index (χ1n) is 21.3. The lowest BCUT2D eigenvalue weighted by Crippen LogP contribution is -2.15. The summed E-state index contributed by atoms with van der Waals surface area (Å²) < 4.78 is 2.41. The fourth-order valence-corrected chi connectivity index (χ4v) is 10.3. The fraction of sp³-hybridized carbons (Fsp3) is 0.0508. The van der Waals surface area contributed by atoms with Gasteiger partial charge in [0.1, 0.15) is 0 Å². The lowest BCUT2D eigenvalue weighted by molar-refractivity contribution is 0.660. The van der Waals surface area contributed by atoms with Crippen molar-refractivity contribution in [3.05, 3.63) is 230 Å². The molecule has 2 nitrogen and oxygen atoms in total. The summed E-state index contributed by atoms with van der Waals surface area (Å²) in [4.78, 5) is 2.44. The standard InChI is InChI=1S/C59H42N2/c1-59(2)54-25-9-5-20-50(54)51-36-32-41(37-55(51)59)47-19-6-10-26-56(47)60(43-16-13-17-44(38-43)61-57-27-11-7-21-52(57)53-22-8-12-28-58(53)61)42-33-29-40(30-34-42)46-23-14-24-48-45-18-4-3-15-39(45)31-35-49(46)48/h3-38H,1-2H3. The molecule has 10 aromatic carbocycles. The number of para-hydroxylation sites is 3. The third-order valence-corrected chi connectivity index (χ3v) is 13.2. The van der Waals surface area contributed by atoms with E-state index < -0.39 is 0 Å². The van der Waals surface area contributed by atoms with Gasteiger partial charge in [-0.3, -0.25) is 0 Å². The average Bonchev–Trinajstić information content (AvgIpc) is 3.77. The van der Waals surface area contributed by atoms with Gasteiger partial charge in [0.2, 0.25) is 0 Å². The molecule has 0 bridgehead atoms. The largest absolute Gasteiger partial charge is 0.310 e. The van der Waals surface area contributed by atoms with Crippen LogP contribution in [0.25, 0.3) is 82.4 Å². The van der Waals surface area contributed by atoms with Crippen LogP contribution < -0.4 is 4.90 Å². The minimum absolute atomic E-state index is 0.100. The summed E-state index contributed by atoms with van der Waals surface area (Å²) in [7, 11) is 0. The van der Waals surface area contributed by atoms with E-state index in [9.17, 15) is 0 Å². The zero-order valence-corrected chi connectivity index (χ0v) is 34.2. The van der Waals surface area contributed by atoms with Crippen molar-refractivity contribution < 1.29 is 0 Å². The highest BCUT2D eigenvalue weighted by atomic mass is 15.1. The SMILES string of the molecule is CC1(C)c2ccccc2-c2ccc(-c3ccccc3N(c3ccc(-c4cccc5c4ccc4ccccc45)cc3)c3cccc(-n4c5ccccc5c5ccccc54)c3)cc21. The summed E-state index contributed by atoms with van der Waals surface area (Å²) in [5, 5.41) is 7.59. The number of nitrogens with zero attached hydrogens (tertiary/aromatic N) is 2. The highest BCUT2D eigenvalue weighted by molar-refractivity contribution is 6.12. The van der Waals surface area contributed by atoms with E-state index in [2.05, 4.69) is 242 Å². The van der Waals surface area contributed by atoms with Crippen LogP contribution in [0.1, 0.15) is 25.0 Å². The number of fused-ring (bicyclic) bond motifs is 9. The van der Waals surface area contributed by atoms with Crippen molar-refractivity contribution in [3.8, 4) is 39.1 Å². The summed E-state index contributed by atoms with van der Waals surface area (Å²) in [6, 6.07) is 80.5. The molecule has 288 valence electrons. The summed E-state index contributed by atoms with van der Waals surface area (Å²) in [5.74, 6) is 0. The van der Waals surface area contributed by atoms with E-state index in [0.29, 0.717) is 0 Å².